The molecule has 0 atom stereocenters. The summed E-state index contributed by atoms with van der Waals surface area (Å²) in [6.07, 6.45) is 1.55. The summed E-state index contributed by atoms with van der Waals surface area (Å²) in [5.41, 5.74) is 0.912. The van der Waals surface area contributed by atoms with Crippen LogP contribution in [0.4, 0.5) is 0 Å². The normalized spacial score (nSPS) is 10.7. The van der Waals surface area contributed by atoms with Crippen molar-refractivity contribution in [2.75, 3.05) is 33.4 Å². The number of carbonyl (C=O) groups excluding carboxylic acids is 1. The first-order chi connectivity index (χ1) is 9.76. The standard InChI is InChI=1S/C13H17N3O4/c1-19-8-5-16(4-6-17)13(18)11-9-10(14-15-11)12-3-2-7-20-12/h2-3,7,9,17H,4-6,8H2,1H3,(H,14,15). The smallest absolute Gasteiger partial charge is 0.274 e. The lowest BCUT2D eigenvalue weighted by atomic mass is 10.2. The van der Waals surface area contributed by atoms with Gasteiger partial charge in [-0.3, -0.25) is 9.89 Å². The Hall–Kier alpha value is -2.12. The molecule has 7 heteroatoms. The van der Waals surface area contributed by atoms with Crippen LogP contribution in [0.1, 0.15) is 10.5 Å². The molecule has 0 aliphatic heterocycles. The molecule has 108 valence electrons. The number of H-pyrrole nitrogens is 1. The first-order valence-electron chi connectivity index (χ1n) is 6.24. The van der Waals surface area contributed by atoms with E-state index in [1.807, 2.05) is 0 Å². The average molecular weight is 279 g/mol. The number of methoxy groups -OCH3 is 1. The second-order valence-corrected chi connectivity index (χ2v) is 4.15. The van der Waals surface area contributed by atoms with Gasteiger partial charge in [0.25, 0.3) is 5.91 Å². The molecule has 0 bridgehead atoms. The summed E-state index contributed by atoms with van der Waals surface area (Å²) >= 11 is 0. The van der Waals surface area contributed by atoms with Crippen LogP contribution in [0.3, 0.4) is 0 Å². The van der Waals surface area contributed by atoms with Gasteiger partial charge in [0.2, 0.25) is 0 Å². The van der Waals surface area contributed by atoms with Gasteiger partial charge in [-0.1, -0.05) is 0 Å². The predicted molar refractivity (Wildman–Crippen MR) is 71.2 cm³/mol. The molecule has 0 aliphatic rings. The van der Waals surface area contributed by atoms with Crippen molar-refractivity contribution in [2.45, 2.75) is 0 Å². The number of nitrogens with one attached hydrogen (secondary N) is 1. The zero-order valence-corrected chi connectivity index (χ0v) is 11.2. The van der Waals surface area contributed by atoms with Crippen molar-refractivity contribution in [2.24, 2.45) is 0 Å². The van der Waals surface area contributed by atoms with E-state index >= 15 is 0 Å². The van der Waals surface area contributed by atoms with Gasteiger partial charge in [-0.2, -0.15) is 5.10 Å². The van der Waals surface area contributed by atoms with Crippen LogP contribution in [-0.2, 0) is 4.74 Å². The van der Waals surface area contributed by atoms with Crippen LogP contribution < -0.4 is 0 Å². The molecular formula is C13H17N3O4. The molecular weight excluding hydrogens is 262 g/mol. The molecule has 1 amide bonds. The second-order valence-electron chi connectivity index (χ2n) is 4.15. The molecule has 0 radical (unpaired) electrons. The van der Waals surface area contributed by atoms with Crippen LogP contribution in [0.5, 0.6) is 0 Å². The van der Waals surface area contributed by atoms with Gasteiger partial charge in [0.05, 0.1) is 19.5 Å². The number of furan rings is 1. The number of rotatable bonds is 7. The Balaban J connectivity index is 2.10. The van der Waals surface area contributed by atoms with Gasteiger partial charge in [0, 0.05) is 26.3 Å². The lowest BCUT2D eigenvalue weighted by Gasteiger charge is -2.19. The van der Waals surface area contributed by atoms with Crippen molar-refractivity contribution in [1.29, 1.82) is 0 Å². The Morgan fingerprint density at radius 3 is 3.05 bits per heavy atom. The van der Waals surface area contributed by atoms with Gasteiger partial charge in [0.15, 0.2) is 11.5 Å². The molecule has 0 unspecified atom stereocenters. The molecule has 7 nitrogen and oxygen atoms in total. The maximum atomic E-state index is 12.3. The predicted octanol–water partition coefficient (Wildman–Crippen LogP) is 0.751. The van der Waals surface area contributed by atoms with Crippen LogP contribution >= 0.6 is 0 Å². The highest BCUT2D eigenvalue weighted by atomic mass is 16.5. The summed E-state index contributed by atoms with van der Waals surface area (Å²) in [5, 5.41) is 15.8. The van der Waals surface area contributed by atoms with Crippen molar-refractivity contribution in [1.82, 2.24) is 15.1 Å². The molecule has 2 rings (SSSR count). The Labute approximate surface area is 116 Å². The van der Waals surface area contributed by atoms with Gasteiger partial charge >= 0.3 is 0 Å². The van der Waals surface area contributed by atoms with Crippen LogP contribution in [0.2, 0.25) is 0 Å². The zero-order valence-electron chi connectivity index (χ0n) is 11.2. The number of hydrogen-bond donors (Lipinski definition) is 2. The summed E-state index contributed by atoms with van der Waals surface area (Å²) in [4.78, 5) is 13.8. The minimum absolute atomic E-state index is 0.106. The maximum absolute atomic E-state index is 12.3. The van der Waals surface area contributed by atoms with Crippen LogP contribution in [0.25, 0.3) is 11.5 Å². The molecule has 0 spiro atoms. The number of aliphatic hydroxyl groups excluding tert-OH is 1. The van der Waals surface area contributed by atoms with Crippen LogP contribution in [0.15, 0.2) is 28.9 Å². The van der Waals surface area contributed by atoms with Gasteiger partial charge < -0.3 is 19.2 Å². The lowest BCUT2D eigenvalue weighted by molar-refractivity contribution is 0.0651. The molecule has 2 heterocycles. The fourth-order valence-corrected chi connectivity index (χ4v) is 1.79. The average Bonchev–Trinajstić information content (AvgIpc) is 3.12. The monoisotopic (exact) mass is 279 g/mol. The van der Waals surface area contributed by atoms with Crippen molar-refractivity contribution in [3.63, 3.8) is 0 Å². The molecule has 0 saturated carbocycles. The third kappa shape index (κ3) is 3.25. The Kier molecular flexibility index (Phi) is 4.91. The van der Waals surface area contributed by atoms with E-state index in [0.29, 0.717) is 24.6 Å². The number of amides is 1. The molecule has 2 aromatic rings. The van der Waals surface area contributed by atoms with Crippen molar-refractivity contribution in [3.05, 3.63) is 30.2 Å². The highest BCUT2D eigenvalue weighted by Gasteiger charge is 2.19. The molecule has 2 N–H and O–H groups in total. The number of aliphatic hydroxyl groups is 1. The fraction of sp³-hybridized carbons (Fsp3) is 0.385. The Morgan fingerprint density at radius 1 is 1.55 bits per heavy atom. The van der Waals surface area contributed by atoms with Crippen molar-refractivity contribution in [3.8, 4) is 11.5 Å². The van der Waals surface area contributed by atoms with E-state index in [2.05, 4.69) is 10.2 Å². The highest BCUT2D eigenvalue weighted by molar-refractivity contribution is 5.93. The quantitative estimate of drug-likeness (QED) is 0.780. The largest absolute Gasteiger partial charge is 0.463 e. The van der Waals surface area contributed by atoms with Crippen LogP contribution in [-0.4, -0.2) is 59.5 Å². The first kappa shape index (κ1) is 14.3. The van der Waals surface area contributed by atoms with E-state index < -0.39 is 0 Å². The molecule has 20 heavy (non-hydrogen) atoms. The number of nitrogens with zero attached hydrogens (tertiary/aromatic N) is 2. The second kappa shape index (κ2) is 6.88. The van der Waals surface area contributed by atoms with Gasteiger partial charge in [-0.05, 0) is 12.1 Å². The summed E-state index contributed by atoms with van der Waals surface area (Å²) in [6, 6.07) is 5.16. The summed E-state index contributed by atoms with van der Waals surface area (Å²) in [7, 11) is 1.56. The minimum atomic E-state index is -0.259. The van der Waals surface area contributed by atoms with E-state index in [9.17, 15) is 4.79 Å². The topological polar surface area (TPSA) is 91.6 Å². The lowest BCUT2D eigenvalue weighted by Crippen LogP contribution is -2.36. The summed E-state index contributed by atoms with van der Waals surface area (Å²) in [5.74, 6) is 0.354. The number of ether oxygens (including phenoxy) is 1. The maximum Gasteiger partial charge on any atom is 0.274 e. The fourth-order valence-electron chi connectivity index (χ4n) is 1.79. The Bertz CT molecular complexity index is 536. The molecule has 0 saturated heterocycles. The van der Waals surface area contributed by atoms with E-state index in [1.165, 1.54) is 4.90 Å². The van der Waals surface area contributed by atoms with Gasteiger partial charge in [-0.15, -0.1) is 0 Å². The van der Waals surface area contributed by atoms with E-state index in [0.717, 1.165) is 0 Å². The van der Waals surface area contributed by atoms with Gasteiger partial charge in [0.1, 0.15) is 5.69 Å². The third-order valence-electron chi connectivity index (χ3n) is 2.81. The highest BCUT2D eigenvalue weighted by Crippen LogP contribution is 2.18. The van der Waals surface area contributed by atoms with E-state index in [4.69, 9.17) is 14.3 Å². The molecule has 0 aliphatic carbocycles. The third-order valence-corrected chi connectivity index (χ3v) is 2.81. The van der Waals surface area contributed by atoms with Crippen molar-refractivity contribution >= 4 is 5.91 Å². The summed E-state index contributed by atoms with van der Waals surface area (Å²) < 4.78 is 10.2. The molecule has 0 aromatic carbocycles. The zero-order chi connectivity index (χ0) is 14.4. The number of carbonyl (C=O) groups is 1. The minimum Gasteiger partial charge on any atom is -0.463 e. The Morgan fingerprint density at radius 2 is 2.40 bits per heavy atom. The van der Waals surface area contributed by atoms with E-state index in [1.54, 1.807) is 31.6 Å². The first-order valence-corrected chi connectivity index (χ1v) is 6.24. The SMILES string of the molecule is COCCN(CCO)C(=O)c1cc(-c2ccco2)[nH]n1. The number of hydrogen-bond acceptors (Lipinski definition) is 5. The molecule has 2 aromatic heterocycles. The molecule has 0 fully saturated rings. The van der Waals surface area contributed by atoms with Crippen LogP contribution in [0, 0.1) is 0 Å². The summed E-state index contributed by atoms with van der Waals surface area (Å²) in [6.45, 7) is 0.941. The van der Waals surface area contributed by atoms with Crippen molar-refractivity contribution < 1.29 is 19.1 Å². The van der Waals surface area contributed by atoms with Gasteiger partial charge in [-0.25, -0.2) is 0 Å². The van der Waals surface area contributed by atoms with E-state index in [-0.39, 0.29) is 24.8 Å². The number of aromatic amines is 1. The number of aromatic nitrogens is 2.